The van der Waals surface area contributed by atoms with Crippen LogP contribution in [0.1, 0.15) is 124 Å². The van der Waals surface area contributed by atoms with Crippen molar-refractivity contribution in [1.29, 1.82) is 0 Å². The maximum atomic E-state index is 12.6. The Morgan fingerprint density at radius 1 is 0.614 bits per heavy atom. The number of phosphoric acid groups is 2. The molecule has 5 atom stereocenters. The lowest BCUT2D eigenvalue weighted by Crippen LogP contribution is -2.30. The molecule has 0 spiro atoms. The smallest absolute Gasteiger partial charge is 0.462 e. The summed E-state index contributed by atoms with van der Waals surface area (Å²) in [5, 5.41) is 20.0. The van der Waals surface area contributed by atoms with Crippen LogP contribution in [0.2, 0.25) is 0 Å². The lowest BCUT2D eigenvalue weighted by Gasteiger charge is -2.20. The molecule has 3 unspecified atom stereocenters. The number of hydrogen-bond donors (Lipinski definition) is 5. The molecule has 5 N–H and O–H groups in total. The molecule has 0 heterocycles. The molecule has 328 valence electrons. The number of ether oxygens (including phenoxy) is 2. The van der Waals surface area contributed by atoms with Crippen molar-refractivity contribution in [2.24, 2.45) is 5.92 Å². The maximum Gasteiger partial charge on any atom is 0.472 e. The molecule has 0 saturated carbocycles. The van der Waals surface area contributed by atoms with E-state index in [1.165, 1.54) is 19.3 Å². The van der Waals surface area contributed by atoms with E-state index in [1.54, 1.807) is 18.2 Å². The first-order chi connectivity index (χ1) is 27.2. The highest BCUT2D eigenvalue weighted by molar-refractivity contribution is 7.47. The van der Waals surface area contributed by atoms with Crippen molar-refractivity contribution in [1.82, 2.24) is 0 Å². The number of aliphatic hydroxyl groups is 2. The second-order valence-electron chi connectivity index (χ2n) is 13.6. The summed E-state index contributed by atoms with van der Waals surface area (Å²) in [5.41, 5.74) is 0. The van der Waals surface area contributed by atoms with Gasteiger partial charge in [-0.3, -0.25) is 23.2 Å². The Bertz CT molecular complexity index is 1320. The Hall–Kier alpha value is -2.48. The Labute approximate surface area is 340 Å². The highest BCUT2D eigenvalue weighted by Crippen LogP contribution is 2.43. The van der Waals surface area contributed by atoms with Crippen molar-refractivity contribution >= 4 is 27.6 Å². The normalized spacial score (nSPS) is 16.0. The van der Waals surface area contributed by atoms with E-state index < -0.39 is 72.3 Å². The van der Waals surface area contributed by atoms with E-state index in [4.69, 9.17) is 23.8 Å². The van der Waals surface area contributed by atoms with Gasteiger partial charge < -0.3 is 34.4 Å². The average Bonchev–Trinajstić information content (AvgIpc) is 3.16. The number of hydrogen-bond acceptors (Lipinski definition) is 11. The first kappa shape index (κ1) is 54.5. The summed E-state index contributed by atoms with van der Waals surface area (Å²) in [6.45, 7) is 3.57. The van der Waals surface area contributed by atoms with Crippen LogP contribution in [0.25, 0.3) is 0 Å². The molecular weight excluding hydrogens is 778 g/mol. The first-order valence-corrected chi connectivity index (χ1v) is 23.2. The standard InChI is InChI=1S/C41H70O14P2/c1-4-6-7-8-9-10-11-12-13-14-15-16-17-18-22-25-28-37(42)30-31-40(44)51-34-39(35-54-57(49,50)53-33-38(43)32-52-56(46,47)48)55-41(45)29-26-23-20-19-21-24-27-36(3)5-2/h6-7,9-10,12-13,15-16,18,22,25,28,36-39,42-43H,4-5,8,11,14,17,19-21,23-24,26-27,29-35H2,1-3H3,(H,49,50)(H2,46,47,48)/b7-6-,10-9-,13-12-,16-15-,22-18-,28-25-/t36?,37?,38-,39+/m0/s1. The molecule has 0 rings (SSSR count). The van der Waals surface area contributed by atoms with Crippen LogP contribution in [0.5, 0.6) is 0 Å². The van der Waals surface area contributed by atoms with Crippen LogP contribution in [0, 0.1) is 5.92 Å². The zero-order valence-corrected chi connectivity index (χ0v) is 36.0. The first-order valence-electron chi connectivity index (χ1n) is 20.1. The van der Waals surface area contributed by atoms with Gasteiger partial charge in [-0.1, -0.05) is 139 Å². The number of phosphoric ester groups is 2. The fourth-order valence-corrected chi connectivity index (χ4v) is 5.94. The fraction of sp³-hybridized carbons (Fsp3) is 0.659. The van der Waals surface area contributed by atoms with Gasteiger partial charge in [-0.2, -0.15) is 0 Å². The molecule has 14 nitrogen and oxygen atoms in total. The lowest BCUT2D eigenvalue weighted by atomic mass is 10.00. The predicted molar refractivity (Wildman–Crippen MR) is 222 cm³/mol. The minimum absolute atomic E-state index is 0.0619. The third-order valence-corrected chi connectivity index (χ3v) is 9.69. The van der Waals surface area contributed by atoms with Crippen LogP contribution in [0.4, 0.5) is 0 Å². The Balaban J connectivity index is 4.78. The molecule has 0 aromatic rings. The van der Waals surface area contributed by atoms with Crippen molar-refractivity contribution < 1.29 is 66.7 Å². The quantitative estimate of drug-likeness (QED) is 0.0131. The summed E-state index contributed by atoms with van der Waals surface area (Å²) in [6, 6.07) is 0. The van der Waals surface area contributed by atoms with Gasteiger partial charge in [-0.15, -0.1) is 0 Å². The van der Waals surface area contributed by atoms with Gasteiger partial charge in [0, 0.05) is 12.8 Å². The van der Waals surface area contributed by atoms with Crippen molar-refractivity contribution in [2.45, 2.75) is 142 Å². The monoisotopic (exact) mass is 848 g/mol. The number of rotatable bonds is 36. The second kappa shape index (κ2) is 35.5. The molecule has 16 heteroatoms. The van der Waals surface area contributed by atoms with Crippen molar-refractivity contribution in [3.05, 3.63) is 72.9 Å². The molecule has 0 aliphatic carbocycles. The van der Waals surface area contributed by atoms with Crippen LogP contribution in [-0.4, -0.2) is 81.6 Å². The second-order valence-corrected chi connectivity index (χ2v) is 16.3. The number of esters is 2. The number of carbonyl (C=O) groups excluding carboxylic acids is 2. The maximum absolute atomic E-state index is 12.6. The minimum Gasteiger partial charge on any atom is -0.462 e. The van der Waals surface area contributed by atoms with Gasteiger partial charge in [-0.25, -0.2) is 9.13 Å². The van der Waals surface area contributed by atoms with Crippen LogP contribution in [0.15, 0.2) is 72.9 Å². The summed E-state index contributed by atoms with van der Waals surface area (Å²) in [6.07, 6.45) is 32.7. The summed E-state index contributed by atoms with van der Waals surface area (Å²) in [4.78, 5) is 52.5. The van der Waals surface area contributed by atoms with Crippen LogP contribution < -0.4 is 0 Å². The van der Waals surface area contributed by atoms with Crippen LogP contribution in [0.3, 0.4) is 0 Å². The van der Waals surface area contributed by atoms with Crippen LogP contribution in [-0.2, 0) is 41.8 Å². The van der Waals surface area contributed by atoms with Gasteiger partial charge in [0.1, 0.15) is 12.7 Å². The van der Waals surface area contributed by atoms with E-state index in [0.717, 1.165) is 63.7 Å². The van der Waals surface area contributed by atoms with E-state index in [2.05, 4.69) is 72.4 Å². The van der Waals surface area contributed by atoms with E-state index in [-0.39, 0.29) is 19.3 Å². The van der Waals surface area contributed by atoms with E-state index in [1.807, 2.05) is 12.2 Å². The van der Waals surface area contributed by atoms with Crippen molar-refractivity contribution in [3.63, 3.8) is 0 Å². The van der Waals surface area contributed by atoms with E-state index in [9.17, 15) is 33.8 Å². The van der Waals surface area contributed by atoms with Crippen molar-refractivity contribution in [2.75, 3.05) is 26.4 Å². The topological polar surface area (TPSA) is 216 Å². The molecular formula is C41H70O14P2. The zero-order chi connectivity index (χ0) is 42.6. The number of aliphatic hydroxyl groups excluding tert-OH is 2. The summed E-state index contributed by atoms with van der Waals surface area (Å²) in [5.74, 6) is -0.604. The predicted octanol–water partition coefficient (Wildman–Crippen LogP) is 8.66. The van der Waals surface area contributed by atoms with Crippen LogP contribution >= 0.6 is 15.6 Å². The molecule has 0 aromatic carbocycles. The fourth-order valence-electron chi connectivity index (χ4n) is 4.78. The van der Waals surface area contributed by atoms with Crippen molar-refractivity contribution in [3.8, 4) is 0 Å². The Morgan fingerprint density at radius 2 is 1.16 bits per heavy atom. The third-order valence-electron chi connectivity index (χ3n) is 8.26. The molecule has 0 bridgehead atoms. The Morgan fingerprint density at radius 3 is 1.75 bits per heavy atom. The SMILES string of the molecule is CC/C=C\C/C=C\C/C=C\C/C=C\C/C=C\C=C/C(O)CCC(=O)OC[C@H](COP(=O)(O)OC[C@@H](O)COP(=O)(O)O)OC(=O)CCCCCCCCC(C)CC. The molecule has 0 amide bonds. The number of unbranched alkanes of at least 4 members (excludes halogenated alkanes) is 5. The molecule has 57 heavy (non-hydrogen) atoms. The number of carbonyl (C=O) groups is 2. The summed E-state index contributed by atoms with van der Waals surface area (Å²) in [7, 11) is -9.74. The lowest BCUT2D eigenvalue weighted by molar-refractivity contribution is -0.161. The average molecular weight is 849 g/mol. The van der Waals surface area contributed by atoms with Gasteiger partial charge in [0.15, 0.2) is 6.10 Å². The molecule has 0 aromatic heterocycles. The van der Waals surface area contributed by atoms with Gasteiger partial charge >= 0.3 is 27.6 Å². The molecule has 0 radical (unpaired) electrons. The Kier molecular flexibility index (Phi) is 33.9. The van der Waals surface area contributed by atoms with E-state index in [0.29, 0.717) is 6.42 Å². The largest absolute Gasteiger partial charge is 0.472 e. The third kappa shape index (κ3) is 38.8. The number of allylic oxidation sites excluding steroid dienone is 11. The zero-order valence-electron chi connectivity index (χ0n) is 34.2. The molecule has 0 aliphatic rings. The van der Waals surface area contributed by atoms with E-state index >= 15 is 0 Å². The highest BCUT2D eigenvalue weighted by atomic mass is 31.2. The summed E-state index contributed by atoms with van der Waals surface area (Å²) >= 11 is 0. The highest BCUT2D eigenvalue weighted by Gasteiger charge is 2.28. The van der Waals surface area contributed by atoms with Gasteiger partial charge in [0.2, 0.25) is 0 Å². The van der Waals surface area contributed by atoms with Gasteiger partial charge in [0.05, 0.1) is 25.9 Å². The minimum atomic E-state index is -4.88. The summed E-state index contributed by atoms with van der Waals surface area (Å²) < 4.78 is 47.4. The molecule has 0 saturated heterocycles. The van der Waals surface area contributed by atoms with Gasteiger partial charge in [0.25, 0.3) is 0 Å². The van der Waals surface area contributed by atoms with Gasteiger partial charge in [-0.05, 0) is 50.9 Å². The molecule has 0 fully saturated rings. The molecule has 0 aliphatic heterocycles.